The number of phenols is 1. The van der Waals surface area contributed by atoms with Crippen molar-refractivity contribution in [3.63, 3.8) is 0 Å². The number of rotatable bonds is 10. The Bertz CT molecular complexity index is 1080. The number of nitrogens with zero attached hydrogens (tertiary/aromatic N) is 2. The van der Waals surface area contributed by atoms with E-state index in [-0.39, 0.29) is 18.2 Å². The molecule has 2 N–H and O–H groups in total. The van der Waals surface area contributed by atoms with Crippen molar-refractivity contribution in [2.45, 2.75) is 62.8 Å². The quantitative estimate of drug-likeness (QED) is 0.502. The molecule has 36 heavy (non-hydrogen) atoms. The molecule has 2 atom stereocenters. The van der Waals surface area contributed by atoms with Gasteiger partial charge in [0.15, 0.2) is 0 Å². The molecule has 2 aliphatic rings. The van der Waals surface area contributed by atoms with Gasteiger partial charge in [-0.15, -0.1) is 0 Å². The molecule has 0 unspecified atom stereocenters. The second-order valence-electron chi connectivity index (χ2n) is 10.0. The Labute approximate surface area is 215 Å². The van der Waals surface area contributed by atoms with E-state index in [1.165, 1.54) is 9.87 Å². The van der Waals surface area contributed by atoms with Crippen LogP contribution in [0.3, 0.4) is 0 Å². The van der Waals surface area contributed by atoms with E-state index in [0.29, 0.717) is 24.8 Å². The van der Waals surface area contributed by atoms with Gasteiger partial charge in [0.25, 0.3) is 10.2 Å². The summed E-state index contributed by atoms with van der Waals surface area (Å²) in [5.74, 6) is 1.50. The van der Waals surface area contributed by atoms with Gasteiger partial charge < -0.3 is 19.9 Å². The van der Waals surface area contributed by atoms with E-state index in [9.17, 15) is 13.5 Å². The van der Waals surface area contributed by atoms with Crippen LogP contribution in [-0.4, -0.2) is 74.7 Å². The van der Waals surface area contributed by atoms with Gasteiger partial charge in [-0.2, -0.15) is 17.0 Å². The predicted molar refractivity (Wildman–Crippen MR) is 140 cm³/mol. The van der Waals surface area contributed by atoms with Crippen molar-refractivity contribution in [1.29, 1.82) is 0 Å². The first-order valence-corrected chi connectivity index (χ1v) is 14.1. The number of methoxy groups -OCH3 is 1. The van der Waals surface area contributed by atoms with E-state index in [1.54, 1.807) is 31.6 Å². The number of benzene rings is 2. The average molecular weight is 518 g/mol. The fraction of sp³-hybridized carbons (Fsp3) is 0.556. The lowest BCUT2D eigenvalue weighted by molar-refractivity contribution is 0.00779. The van der Waals surface area contributed by atoms with Crippen LogP contribution in [0.1, 0.15) is 49.1 Å². The molecule has 2 aromatic carbocycles. The van der Waals surface area contributed by atoms with Crippen LogP contribution in [0.2, 0.25) is 0 Å². The molecule has 1 heterocycles. The van der Waals surface area contributed by atoms with Gasteiger partial charge in [-0.05, 0) is 80.0 Å². The smallest absolute Gasteiger partial charge is 0.282 e. The molecule has 0 bridgehead atoms. The van der Waals surface area contributed by atoms with Gasteiger partial charge in [0.2, 0.25) is 0 Å². The average Bonchev–Trinajstić information content (AvgIpc) is 3.34. The molecule has 0 amide bonds. The molecule has 4 rings (SSSR count). The number of phenolic OH excluding ortho intramolecular Hbond substituents is 1. The Hall–Kier alpha value is -2.17. The van der Waals surface area contributed by atoms with Crippen LogP contribution in [-0.2, 0) is 21.5 Å². The Morgan fingerprint density at radius 1 is 1.03 bits per heavy atom. The third-order valence-corrected chi connectivity index (χ3v) is 9.38. The van der Waals surface area contributed by atoms with Crippen LogP contribution in [0, 0.1) is 0 Å². The Kier molecular flexibility index (Phi) is 8.90. The molecule has 2 fully saturated rings. The summed E-state index contributed by atoms with van der Waals surface area (Å²) in [6.45, 7) is 1.53. The summed E-state index contributed by atoms with van der Waals surface area (Å²) in [5.41, 5.74) is 2.10. The highest BCUT2D eigenvalue weighted by atomic mass is 32.2. The fourth-order valence-corrected chi connectivity index (χ4v) is 6.67. The molecule has 1 saturated carbocycles. The van der Waals surface area contributed by atoms with Crippen molar-refractivity contribution >= 4 is 10.2 Å². The summed E-state index contributed by atoms with van der Waals surface area (Å²) < 4.78 is 41.2. The van der Waals surface area contributed by atoms with Crippen LogP contribution in [0.4, 0.5) is 0 Å². The van der Waals surface area contributed by atoms with Gasteiger partial charge in [0, 0.05) is 32.7 Å². The van der Waals surface area contributed by atoms with Crippen LogP contribution in [0.15, 0.2) is 48.5 Å². The summed E-state index contributed by atoms with van der Waals surface area (Å²) in [4.78, 5) is 0. The molecule has 0 spiro atoms. The lowest BCUT2D eigenvalue weighted by Gasteiger charge is -2.35. The van der Waals surface area contributed by atoms with Crippen LogP contribution in [0.5, 0.6) is 11.5 Å². The molecular formula is C27H39N3O5S. The fourth-order valence-electron chi connectivity index (χ4n) is 5.34. The maximum atomic E-state index is 13.3. The molecule has 1 aliphatic carbocycles. The second kappa shape index (κ2) is 11.9. The van der Waals surface area contributed by atoms with E-state index < -0.39 is 10.2 Å². The first-order chi connectivity index (χ1) is 17.3. The van der Waals surface area contributed by atoms with E-state index in [2.05, 4.69) is 11.4 Å². The number of hydrogen-bond donors (Lipinski definition) is 2. The van der Waals surface area contributed by atoms with Gasteiger partial charge >= 0.3 is 0 Å². The highest BCUT2D eigenvalue weighted by Crippen LogP contribution is 2.35. The zero-order valence-electron chi connectivity index (χ0n) is 21.5. The maximum Gasteiger partial charge on any atom is 0.282 e. The normalized spacial score (nSPS) is 24.9. The van der Waals surface area contributed by atoms with Gasteiger partial charge in [0.05, 0.1) is 19.8 Å². The second-order valence-corrected chi connectivity index (χ2v) is 12.1. The van der Waals surface area contributed by atoms with Crippen molar-refractivity contribution in [3.05, 3.63) is 59.7 Å². The first-order valence-electron chi connectivity index (χ1n) is 12.7. The minimum Gasteiger partial charge on any atom is -0.508 e. The van der Waals surface area contributed by atoms with E-state index >= 15 is 0 Å². The van der Waals surface area contributed by atoms with Crippen molar-refractivity contribution in [3.8, 4) is 11.5 Å². The van der Waals surface area contributed by atoms with E-state index in [1.807, 2.05) is 36.4 Å². The van der Waals surface area contributed by atoms with Crippen molar-refractivity contribution in [2.75, 3.05) is 34.4 Å². The van der Waals surface area contributed by atoms with Crippen molar-refractivity contribution < 1.29 is 23.0 Å². The summed E-state index contributed by atoms with van der Waals surface area (Å²) in [7, 11) is 1.14. The highest BCUT2D eigenvalue weighted by molar-refractivity contribution is 7.86. The molecule has 8 nitrogen and oxygen atoms in total. The SMILES string of the molecule is COc1ccc(CN([C@H]2CCN[C@H]2COC2CCC(c3cccc(O)c3)CC2)S(=O)(=O)N(C)C)cc1. The molecule has 9 heteroatoms. The molecule has 2 aromatic rings. The van der Waals surface area contributed by atoms with Crippen LogP contribution in [0.25, 0.3) is 0 Å². The zero-order valence-corrected chi connectivity index (χ0v) is 22.3. The number of hydrogen-bond acceptors (Lipinski definition) is 6. The lowest BCUT2D eigenvalue weighted by Crippen LogP contribution is -2.51. The predicted octanol–water partition coefficient (Wildman–Crippen LogP) is 3.48. The first kappa shape index (κ1) is 26.9. The van der Waals surface area contributed by atoms with Crippen LogP contribution >= 0.6 is 0 Å². The topological polar surface area (TPSA) is 91.3 Å². The van der Waals surface area contributed by atoms with Gasteiger partial charge in [-0.25, -0.2) is 0 Å². The summed E-state index contributed by atoms with van der Waals surface area (Å²) in [6.07, 6.45) is 4.87. The van der Waals surface area contributed by atoms with Gasteiger partial charge in [-0.3, -0.25) is 0 Å². The largest absolute Gasteiger partial charge is 0.508 e. The van der Waals surface area contributed by atoms with E-state index in [0.717, 1.165) is 50.0 Å². The molecule has 0 aromatic heterocycles. The minimum atomic E-state index is -3.63. The monoisotopic (exact) mass is 517 g/mol. The summed E-state index contributed by atoms with van der Waals surface area (Å²) in [6, 6.07) is 14.8. The molecule has 1 saturated heterocycles. The molecule has 1 aliphatic heterocycles. The Morgan fingerprint density at radius 2 is 1.75 bits per heavy atom. The number of aromatic hydroxyl groups is 1. The summed E-state index contributed by atoms with van der Waals surface area (Å²) in [5, 5.41) is 13.3. The Morgan fingerprint density at radius 3 is 2.39 bits per heavy atom. The third-order valence-electron chi connectivity index (χ3n) is 7.46. The van der Waals surface area contributed by atoms with Crippen LogP contribution < -0.4 is 10.1 Å². The van der Waals surface area contributed by atoms with Gasteiger partial charge in [0.1, 0.15) is 11.5 Å². The van der Waals surface area contributed by atoms with Gasteiger partial charge in [-0.1, -0.05) is 24.3 Å². The zero-order chi connectivity index (χ0) is 25.7. The lowest BCUT2D eigenvalue weighted by atomic mass is 9.82. The standard InChI is InChI=1S/C27H39N3O5S/c1-29(2)36(32,33)30(18-20-7-11-24(34-3)12-8-20)27-15-16-28-26(27)19-35-25-13-9-21(10-14-25)22-5-4-6-23(31)17-22/h4-8,11-12,17,21,25-28,31H,9-10,13-16,18-19H2,1-3H3/t21?,25?,26-,27-/m0/s1. The van der Waals surface area contributed by atoms with Crippen molar-refractivity contribution in [1.82, 2.24) is 13.9 Å². The maximum absolute atomic E-state index is 13.3. The summed E-state index contributed by atoms with van der Waals surface area (Å²) >= 11 is 0. The molecule has 198 valence electrons. The number of ether oxygens (including phenoxy) is 2. The highest BCUT2D eigenvalue weighted by Gasteiger charge is 2.40. The third kappa shape index (κ3) is 6.39. The van der Waals surface area contributed by atoms with Crippen molar-refractivity contribution in [2.24, 2.45) is 0 Å². The minimum absolute atomic E-state index is 0.0678. The molecular weight excluding hydrogens is 478 g/mol. The Balaban J connectivity index is 1.38. The van der Waals surface area contributed by atoms with E-state index in [4.69, 9.17) is 9.47 Å². The number of nitrogens with one attached hydrogen (secondary N) is 1. The molecule has 0 radical (unpaired) electrons.